The van der Waals surface area contributed by atoms with Gasteiger partial charge in [-0.3, -0.25) is 0 Å². The van der Waals surface area contributed by atoms with Gasteiger partial charge in [0.05, 0.1) is 25.4 Å². The fourth-order valence-corrected chi connectivity index (χ4v) is 3.51. The zero-order chi connectivity index (χ0) is 18.4. The van der Waals surface area contributed by atoms with Crippen LogP contribution in [0.15, 0.2) is 12.4 Å². The lowest BCUT2D eigenvalue weighted by atomic mass is 10.3. The van der Waals surface area contributed by atoms with Gasteiger partial charge in [0.15, 0.2) is 22.8 Å². The third-order valence-corrected chi connectivity index (χ3v) is 4.89. The second kappa shape index (κ2) is 6.39. The van der Waals surface area contributed by atoms with Crippen LogP contribution in [0.1, 0.15) is 18.9 Å². The molecule has 3 aromatic rings. The summed E-state index contributed by atoms with van der Waals surface area (Å²) >= 11 is 0. The highest BCUT2D eigenvalue weighted by Crippen LogP contribution is 2.32. The Kier molecular flexibility index (Phi) is 3.87. The van der Waals surface area contributed by atoms with Gasteiger partial charge in [-0.1, -0.05) is 0 Å². The molecule has 1 atom stereocenters. The summed E-state index contributed by atoms with van der Waals surface area (Å²) in [6.45, 7) is 6.21. The standard InChI is InChI=1S/C17H20N8O2/c1-10-14-21-12-15(24-2-5-26-6-3-24)22-13(11-8-19-17(18)20-9-11)23-16(12)25(14)4-7-27-10/h8-10H,2-7H2,1H3,(H2,18,19,20)/t10-/m0/s1. The van der Waals surface area contributed by atoms with E-state index in [1.165, 1.54) is 0 Å². The third kappa shape index (κ3) is 2.77. The van der Waals surface area contributed by atoms with Crippen LogP contribution in [0.5, 0.6) is 0 Å². The molecule has 2 N–H and O–H groups in total. The average Bonchev–Trinajstić information content (AvgIpc) is 3.09. The number of nitrogens with zero attached hydrogens (tertiary/aromatic N) is 7. The lowest BCUT2D eigenvalue weighted by Crippen LogP contribution is -2.37. The maximum Gasteiger partial charge on any atom is 0.219 e. The topological polar surface area (TPSA) is 117 Å². The van der Waals surface area contributed by atoms with Gasteiger partial charge in [0.25, 0.3) is 0 Å². The summed E-state index contributed by atoms with van der Waals surface area (Å²) in [6, 6.07) is 0. The van der Waals surface area contributed by atoms with Gasteiger partial charge < -0.3 is 24.7 Å². The number of nitrogen functional groups attached to an aromatic ring is 1. The van der Waals surface area contributed by atoms with Crippen molar-refractivity contribution in [3.63, 3.8) is 0 Å². The summed E-state index contributed by atoms with van der Waals surface area (Å²) in [7, 11) is 0. The molecule has 0 saturated carbocycles. The number of morpholine rings is 1. The van der Waals surface area contributed by atoms with Crippen LogP contribution in [0.3, 0.4) is 0 Å². The van der Waals surface area contributed by atoms with Gasteiger partial charge in [-0.15, -0.1) is 0 Å². The number of rotatable bonds is 2. The van der Waals surface area contributed by atoms with E-state index >= 15 is 0 Å². The Balaban J connectivity index is 1.73. The summed E-state index contributed by atoms with van der Waals surface area (Å²) in [5.41, 5.74) is 7.94. The zero-order valence-electron chi connectivity index (χ0n) is 15.0. The highest BCUT2D eigenvalue weighted by molar-refractivity contribution is 5.86. The summed E-state index contributed by atoms with van der Waals surface area (Å²) in [5, 5.41) is 0. The van der Waals surface area contributed by atoms with Crippen molar-refractivity contribution in [3.05, 3.63) is 18.2 Å². The van der Waals surface area contributed by atoms with E-state index in [2.05, 4.69) is 19.4 Å². The molecule has 0 bridgehead atoms. The molecule has 1 fully saturated rings. The van der Waals surface area contributed by atoms with Crippen molar-refractivity contribution >= 4 is 22.9 Å². The predicted octanol–water partition coefficient (Wildman–Crippen LogP) is 0.793. The van der Waals surface area contributed by atoms with E-state index in [9.17, 15) is 0 Å². The van der Waals surface area contributed by atoms with Crippen molar-refractivity contribution in [2.75, 3.05) is 43.5 Å². The van der Waals surface area contributed by atoms with Gasteiger partial charge in [-0.2, -0.15) is 0 Å². The number of imidazole rings is 1. The first-order chi connectivity index (χ1) is 13.2. The fourth-order valence-electron chi connectivity index (χ4n) is 3.51. The largest absolute Gasteiger partial charge is 0.378 e. The number of hydrogen-bond acceptors (Lipinski definition) is 9. The number of fused-ring (bicyclic) bond motifs is 3. The van der Waals surface area contributed by atoms with Crippen LogP contribution in [-0.4, -0.2) is 62.4 Å². The van der Waals surface area contributed by atoms with Crippen molar-refractivity contribution < 1.29 is 9.47 Å². The zero-order valence-corrected chi connectivity index (χ0v) is 15.0. The minimum absolute atomic E-state index is 0.0752. The smallest absolute Gasteiger partial charge is 0.219 e. The molecule has 0 unspecified atom stereocenters. The SMILES string of the molecule is C[C@@H]1OCCn2c1nc1c(N3CCOCC3)nc(-c3cnc(N)nc3)nc12. The Morgan fingerprint density at radius 2 is 1.81 bits per heavy atom. The summed E-state index contributed by atoms with van der Waals surface area (Å²) in [6.07, 6.45) is 3.21. The van der Waals surface area contributed by atoms with Crippen LogP contribution >= 0.6 is 0 Å². The molecule has 10 heteroatoms. The molecule has 3 aromatic heterocycles. The second-order valence-electron chi connectivity index (χ2n) is 6.61. The van der Waals surface area contributed by atoms with Crippen molar-refractivity contribution in [2.45, 2.75) is 19.6 Å². The molecule has 27 heavy (non-hydrogen) atoms. The molecule has 5 rings (SSSR count). The molecule has 0 aromatic carbocycles. The van der Waals surface area contributed by atoms with Gasteiger partial charge in [0.1, 0.15) is 11.9 Å². The highest BCUT2D eigenvalue weighted by Gasteiger charge is 2.27. The number of nitrogens with two attached hydrogens (primary N) is 1. The maximum atomic E-state index is 5.75. The molecule has 0 radical (unpaired) electrons. The monoisotopic (exact) mass is 368 g/mol. The van der Waals surface area contributed by atoms with Gasteiger partial charge in [0.2, 0.25) is 5.95 Å². The van der Waals surface area contributed by atoms with Crippen LogP contribution in [0.2, 0.25) is 0 Å². The highest BCUT2D eigenvalue weighted by atomic mass is 16.5. The lowest BCUT2D eigenvalue weighted by molar-refractivity contribution is 0.0304. The van der Waals surface area contributed by atoms with Crippen molar-refractivity contribution in [3.8, 4) is 11.4 Å². The van der Waals surface area contributed by atoms with Gasteiger partial charge in [-0.05, 0) is 6.92 Å². The van der Waals surface area contributed by atoms with Crippen LogP contribution in [0.4, 0.5) is 11.8 Å². The van der Waals surface area contributed by atoms with Gasteiger partial charge in [0, 0.05) is 32.0 Å². The van der Waals surface area contributed by atoms with Crippen molar-refractivity contribution in [1.29, 1.82) is 0 Å². The normalized spacial score (nSPS) is 20.0. The molecule has 140 valence electrons. The first-order valence-electron chi connectivity index (χ1n) is 9.01. The lowest BCUT2D eigenvalue weighted by Gasteiger charge is -2.28. The van der Waals surface area contributed by atoms with E-state index in [4.69, 9.17) is 30.2 Å². The Labute approximate surface area is 155 Å². The van der Waals surface area contributed by atoms with Crippen LogP contribution in [0.25, 0.3) is 22.6 Å². The molecule has 5 heterocycles. The van der Waals surface area contributed by atoms with Crippen molar-refractivity contribution in [1.82, 2.24) is 29.5 Å². The van der Waals surface area contributed by atoms with Gasteiger partial charge in [-0.25, -0.2) is 24.9 Å². The van der Waals surface area contributed by atoms with E-state index in [1.54, 1.807) is 12.4 Å². The van der Waals surface area contributed by atoms with E-state index in [0.717, 1.165) is 41.5 Å². The van der Waals surface area contributed by atoms with E-state index in [-0.39, 0.29) is 12.1 Å². The van der Waals surface area contributed by atoms with Crippen LogP contribution < -0.4 is 10.6 Å². The first kappa shape index (κ1) is 16.3. The second-order valence-corrected chi connectivity index (χ2v) is 6.61. The number of aromatic nitrogens is 6. The molecule has 0 spiro atoms. The first-order valence-corrected chi connectivity index (χ1v) is 9.01. The van der Waals surface area contributed by atoms with Gasteiger partial charge >= 0.3 is 0 Å². The van der Waals surface area contributed by atoms with E-state index in [1.807, 2.05) is 6.92 Å². The minimum atomic E-state index is -0.0752. The molecule has 2 aliphatic heterocycles. The molecule has 0 aliphatic carbocycles. The number of anilines is 2. The quantitative estimate of drug-likeness (QED) is 0.700. The third-order valence-electron chi connectivity index (χ3n) is 4.89. The predicted molar refractivity (Wildman–Crippen MR) is 98.2 cm³/mol. The van der Waals surface area contributed by atoms with Crippen molar-refractivity contribution in [2.24, 2.45) is 0 Å². The summed E-state index contributed by atoms with van der Waals surface area (Å²) < 4.78 is 13.4. The molecule has 10 nitrogen and oxygen atoms in total. The number of hydrogen-bond donors (Lipinski definition) is 1. The Morgan fingerprint density at radius 3 is 2.59 bits per heavy atom. The minimum Gasteiger partial charge on any atom is -0.378 e. The molecular formula is C17H20N8O2. The Bertz CT molecular complexity index is 981. The average molecular weight is 368 g/mol. The Hall–Kier alpha value is -2.85. The molecular weight excluding hydrogens is 348 g/mol. The molecule has 1 saturated heterocycles. The molecule has 0 amide bonds. The summed E-state index contributed by atoms with van der Waals surface area (Å²) in [4.78, 5) is 24.8. The molecule has 2 aliphatic rings. The van der Waals surface area contributed by atoms with E-state index in [0.29, 0.717) is 32.2 Å². The maximum absolute atomic E-state index is 5.75. The Morgan fingerprint density at radius 1 is 1.04 bits per heavy atom. The van der Waals surface area contributed by atoms with Crippen LogP contribution in [0, 0.1) is 0 Å². The summed E-state index contributed by atoms with van der Waals surface area (Å²) in [5.74, 6) is 2.47. The van der Waals surface area contributed by atoms with E-state index < -0.39 is 0 Å². The number of ether oxygens (including phenoxy) is 2. The fraction of sp³-hybridized carbons (Fsp3) is 0.471. The van der Waals surface area contributed by atoms with Crippen LogP contribution in [-0.2, 0) is 16.0 Å².